The summed E-state index contributed by atoms with van der Waals surface area (Å²) in [5, 5.41) is 8.78. The fourth-order valence-electron chi connectivity index (χ4n) is 2.75. The molecule has 2 atom stereocenters. The van der Waals surface area contributed by atoms with Crippen LogP contribution in [-0.2, 0) is 16.6 Å². The second kappa shape index (κ2) is 4.55. The average molecular weight is 292 g/mol. The zero-order chi connectivity index (χ0) is 15.2. The summed E-state index contributed by atoms with van der Waals surface area (Å²) in [5.41, 5.74) is 5.55. The summed E-state index contributed by atoms with van der Waals surface area (Å²) in [6.45, 7) is 0.512. The number of urea groups is 1. The summed E-state index contributed by atoms with van der Waals surface area (Å²) >= 11 is 0. The highest BCUT2D eigenvalue weighted by Crippen LogP contribution is 2.26. The van der Waals surface area contributed by atoms with Crippen molar-refractivity contribution < 1.29 is 14.4 Å². The highest BCUT2D eigenvalue weighted by atomic mass is 16.2. The molecule has 2 aliphatic heterocycles. The highest BCUT2D eigenvalue weighted by molar-refractivity contribution is 6.07. The quantitative estimate of drug-likeness (QED) is 0.557. The number of likely N-dealkylation sites (tertiary alicyclic amines) is 1. The van der Waals surface area contributed by atoms with Gasteiger partial charge in [-0.25, -0.2) is 4.79 Å². The Morgan fingerprint density at radius 2 is 2.29 bits per heavy atom. The molecule has 3 heterocycles. The third-order valence-electron chi connectivity index (χ3n) is 3.95. The number of nitrogens with one attached hydrogen (secondary N) is 2. The second-order valence-electron chi connectivity index (χ2n) is 5.43. The van der Waals surface area contributed by atoms with Gasteiger partial charge in [0.15, 0.2) is 0 Å². The lowest BCUT2D eigenvalue weighted by Gasteiger charge is -2.23. The Bertz CT molecular complexity index is 626. The van der Waals surface area contributed by atoms with Gasteiger partial charge in [0.25, 0.3) is 5.91 Å². The summed E-state index contributed by atoms with van der Waals surface area (Å²) in [7, 11) is 1.74. The molecule has 9 heteroatoms. The number of amides is 4. The molecule has 4 amide bonds. The number of carbonyl (C=O) groups excluding carboxylic acids is 3. The first-order chi connectivity index (χ1) is 9.91. The highest BCUT2D eigenvalue weighted by Gasteiger charge is 2.52. The van der Waals surface area contributed by atoms with E-state index in [1.807, 2.05) is 0 Å². The van der Waals surface area contributed by atoms with Crippen molar-refractivity contribution in [3.05, 3.63) is 18.0 Å². The smallest absolute Gasteiger partial charge is 0.322 e. The summed E-state index contributed by atoms with van der Waals surface area (Å²) in [4.78, 5) is 37.0. The van der Waals surface area contributed by atoms with Crippen LogP contribution >= 0.6 is 0 Å². The third kappa shape index (κ3) is 2.15. The van der Waals surface area contributed by atoms with Gasteiger partial charge in [0.1, 0.15) is 11.6 Å². The first-order valence-electron chi connectivity index (χ1n) is 6.58. The number of rotatable bonds is 2. The lowest BCUT2D eigenvalue weighted by atomic mass is 9.99. The van der Waals surface area contributed by atoms with Crippen LogP contribution < -0.4 is 16.4 Å². The molecule has 2 unspecified atom stereocenters. The molecule has 0 bridgehead atoms. The topological polar surface area (TPSA) is 122 Å². The summed E-state index contributed by atoms with van der Waals surface area (Å²) < 4.78 is 1.57. The molecule has 0 radical (unpaired) electrons. The molecule has 112 valence electrons. The van der Waals surface area contributed by atoms with Gasteiger partial charge in [-0.3, -0.25) is 19.6 Å². The number of hydrogen-bond donors (Lipinski definition) is 3. The van der Waals surface area contributed by atoms with Crippen LogP contribution in [0.4, 0.5) is 4.79 Å². The van der Waals surface area contributed by atoms with Crippen LogP contribution in [0.2, 0.25) is 0 Å². The number of hydrogen-bond acceptors (Lipinski definition) is 5. The van der Waals surface area contributed by atoms with Crippen molar-refractivity contribution >= 4 is 17.8 Å². The Labute approximate surface area is 120 Å². The van der Waals surface area contributed by atoms with Gasteiger partial charge in [-0.05, 0) is 6.42 Å². The van der Waals surface area contributed by atoms with Crippen molar-refractivity contribution in [2.75, 3.05) is 13.1 Å². The maximum Gasteiger partial charge on any atom is 0.322 e. The third-order valence-corrected chi connectivity index (χ3v) is 3.95. The molecular formula is C12H16N6O3. The molecule has 9 nitrogen and oxygen atoms in total. The van der Waals surface area contributed by atoms with Gasteiger partial charge in [0, 0.05) is 25.4 Å². The predicted octanol–water partition coefficient (Wildman–Crippen LogP) is -1.77. The van der Waals surface area contributed by atoms with Crippen LogP contribution in [0.1, 0.15) is 18.0 Å². The Balaban J connectivity index is 1.73. The number of nitrogens with zero attached hydrogens (tertiary/aromatic N) is 3. The minimum Gasteiger partial charge on any atom is -0.338 e. The Morgan fingerprint density at radius 3 is 2.86 bits per heavy atom. The molecule has 0 aromatic carbocycles. The fraction of sp³-hybridized carbons (Fsp3) is 0.500. The summed E-state index contributed by atoms with van der Waals surface area (Å²) in [6, 6.07) is -1.35. The normalized spacial score (nSPS) is 26.1. The predicted molar refractivity (Wildman–Crippen MR) is 70.7 cm³/mol. The van der Waals surface area contributed by atoms with Crippen molar-refractivity contribution in [2.24, 2.45) is 12.8 Å². The van der Waals surface area contributed by atoms with Crippen LogP contribution in [0.3, 0.4) is 0 Å². The molecule has 1 spiro atoms. The molecule has 2 fully saturated rings. The minimum atomic E-state index is -1.01. The van der Waals surface area contributed by atoms with E-state index in [-0.39, 0.29) is 12.5 Å². The molecular weight excluding hydrogens is 276 g/mol. The van der Waals surface area contributed by atoms with E-state index in [4.69, 9.17) is 5.73 Å². The second-order valence-corrected chi connectivity index (χ2v) is 5.43. The Morgan fingerprint density at radius 1 is 1.52 bits per heavy atom. The van der Waals surface area contributed by atoms with Crippen molar-refractivity contribution in [1.29, 1.82) is 0 Å². The van der Waals surface area contributed by atoms with Crippen molar-refractivity contribution in [1.82, 2.24) is 25.3 Å². The number of aromatic nitrogens is 2. The largest absolute Gasteiger partial charge is 0.338 e. The number of nitrogens with two attached hydrogens (primary N) is 1. The average Bonchev–Trinajstić information content (AvgIpc) is 3.10. The molecule has 1 aromatic rings. The van der Waals surface area contributed by atoms with E-state index in [1.54, 1.807) is 24.1 Å². The van der Waals surface area contributed by atoms with E-state index < -0.39 is 23.5 Å². The Hall–Kier alpha value is -2.42. The summed E-state index contributed by atoms with van der Waals surface area (Å²) in [6.07, 6.45) is 3.60. The van der Waals surface area contributed by atoms with Crippen molar-refractivity contribution in [2.45, 2.75) is 18.0 Å². The Kier molecular flexibility index (Phi) is 2.94. The van der Waals surface area contributed by atoms with E-state index in [0.717, 1.165) is 0 Å². The maximum atomic E-state index is 12.4. The van der Waals surface area contributed by atoms with Gasteiger partial charge in [0.2, 0.25) is 5.91 Å². The monoisotopic (exact) mass is 292 g/mol. The molecule has 4 N–H and O–H groups in total. The maximum absolute atomic E-state index is 12.4. The van der Waals surface area contributed by atoms with Crippen molar-refractivity contribution in [3.8, 4) is 0 Å². The van der Waals surface area contributed by atoms with E-state index in [2.05, 4.69) is 15.7 Å². The van der Waals surface area contributed by atoms with E-state index >= 15 is 0 Å². The fourth-order valence-corrected chi connectivity index (χ4v) is 2.75. The number of aryl methyl sites for hydroxylation is 1. The molecule has 2 saturated heterocycles. The number of imide groups is 1. The SMILES string of the molecule is Cn1cc(C(N)C(=O)N2CCC3(C2)NC(=O)NC3=O)cn1. The van der Waals surface area contributed by atoms with E-state index in [1.165, 1.54) is 4.90 Å². The molecule has 3 rings (SSSR count). The molecule has 0 saturated carbocycles. The van der Waals surface area contributed by atoms with Gasteiger partial charge in [0.05, 0.1) is 12.7 Å². The zero-order valence-corrected chi connectivity index (χ0v) is 11.5. The van der Waals surface area contributed by atoms with Crippen LogP contribution in [0.25, 0.3) is 0 Å². The molecule has 21 heavy (non-hydrogen) atoms. The van der Waals surface area contributed by atoms with Crippen molar-refractivity contribution in [3.63, 3.8) is 0 Å². The molecule has 0 aliphatic carbocycles. The number of carbonyl (C=O) groups is 3. The van der Waals surface area contributed by atoms with Gasteiger partial charge in [-0.2, -0.15) is 5.10 Å². The lowest BCUT2D eigenvalue weighted by Crippen LogP contribution is -2.50. The van der Waals surface area contributed by atoms with Gasteiger partial charge >= 0.3 is 6.03 Å². The van der Waals surface area contributed by atoms with Crippen LogP contribution in [-0.4, -0.2) is 51.2 Å². The van der Waals surface area contributed by atoms with Gasteiger partial charge in [-0.15, -0.1) is 0 Å². The van der Waals surface area contributed by atoms with Crippen LogP contribution in [0, 0.1) is 0 Å². The summed E-state index contributed by atoms with van der Waals surface area (Å²) in [5.74, 6) is -0.674. The van der Waals surface area contributed by atoms with E-state index in [9.17, 15) is 14.4 Å². The minimum absolute atomic E-state index is 0.136. The van der Waals surface area contributed by atoms with Gasteiger partial charge in [-0.1, -0.05) is 0 Å². The lowest BCUT2D eigenvalue weighted by molar-refractivity contribution is -0.132. The first kappa shape index (κ1) is 13.6. The zero-order valence-electron chi connectivity index (χ0n) is 11.5. The molecule has 2 aliphatic rings. The van der Waals surface area contributed by atoms with E-state index in [0.29, 0.717) is 18.5 Å². The van der Waals surface area contributed by atoms with Crippen LogP contribution in [0.15, 0.2) is 12.4 Å². The molecule has 1 aromatic heterocycles. The first-order valence-corrected chi connectivity index (χ1v) is 6.58. The van der Waals surface area contributed by atoms with Gasteiger partial charge < -0.3 is 16.0 Å². The standard InChI is InChI=1S/C12H16N6O3/c1-17-5-7(4-14-17)8(13)9(19)18-3-2-12(6-18)10(20)15-11(21)16-12/h4-5,8H,2-3,6,13H2,1H3,(H2,15,16,20,21). The van der Waals surface area contributed by atoms with Crippen LogP contribution in [0.5, 0.6) is 0 Å².